The maximum atomic E-state index is 12.2. The van der Waals surface area contributed by atoms with Gasteiger partial charge in [0.25, 0.3) is 0 Å². The number of methoxy groups -OCH3 is 1. The number of carbonyl (C=O) groups excluding carboxylic acids is 2. The molecule has 10 heteroatoms. The molecule has 0 unspecified atom stereocenters. The van der Waals surface area contributed by atoms with Gasteiger partial charge < -0.3 is 19.5 Å². The van der Waals surface area contributed by atoms with Crippen molar-refractivity contribution < 1.29 is 23.8 Å². The van der Waals surface area contributed by atoms with Crippen LogP contribution in [0, 0.1) is 0 Å². The number of carbonyl (C=O) groups is 2. The highest BCUT2D eigenvalue weighted by atomic mass is 79.9. The zero-order valence-corrected chi connectivity index (χ0v) is 22.8. The molecule has 0 saturated carbocycles. The van der Waals surface area contributed by atoms with Gasteiger partial charge in [-0.15, -0.1) is 0 Å². The SMILES string of the molecule is CCOc1cc(C=NNC(=O)CCC(=O)Nc2ccccc2OC)cc(Br)c1OCc1ccccc1Cl. The van der Waals surface area contributed by atoms with E-state index in [2.05, 4.69) is 31.8 Å². The van der Waals surface area contributed by atoms with Crippen LogP contribution in [0.2, 0.25) is 5.02 Å². The van der Waals surface area contributed by atoms with Gasteiger partial charge in [-0.3, -0.25) is 9.59 Å². The van der Waals surface area contributed by atoms with Crippen LogP contribution in [0.1, 0.15) is 30.9 Å². The smallest absolute Gasteiger partial charge is 0.240 e. The summed E-state index contributed by atoms with van der Waals surface area (Å²) in [6.45, 7) is 2.58. The van der Waals surface area contributed by atoms with Gasteiger partial charge in [0.15, 0.2) is 11.5 Å². The van der Waals surface area contributed by atoms with Crippen molar-refractivity contribution in [2.24, 2.45) is 5.10 Å². The summed E-state index contributed by atoms with van der Waals surface area (Å²) in [5, 5.41) is 7.35. The van der Waals surface area contributed by atoms with Crippen LogP contribution in [0.3, 0.4) is 0 Å². The van der Waals surface area contributed by atoms with Gasteiger partial charge in [0.2, 0.25) is 11.8 Å². The molecule has 8 nitrogen and oxygen atoms in total. The summed E-state index contributed by atoms with van der Waals surface area (Å²) in [4.78, 5) is 24.3. The number of halogens is 2. The van der Waals surface area contributed by atoms with E-state index in [0.29, 0.717) is 44.6 Å². The Morgan fingerprint density at radius 2 is 1.73 bits per heavy atom. The number of para-hydroxylation sites is 2. The second-order valence-electron chi connectivity index (χ2n) is 7.68. The van der Waals surface area contributed by atoms with Gasteiger partial charge in [-0.1, -0.05) is 41.9 Å². The molecule has 2 amide bonds. The van der Waals surface area contributed by atoms with E-state index in [1.807, 2.05) is 25.1 Å². The lowest BCUT2D eigenvalue weighted by Gasteiger charge is -2.15. The van der Waals surface area contributed by atoms with Crippen molar-refractivity contribution in [2.75, 3.05) is 19.0 Å². The average molecular weight is 589 g/mol. The number of rotatable bonds is 12. The van der Waals surface area contributed by atoms with E-state index in [1.54, 1.807) is 42.5 Å². The second kappa shape index (κ2) is 14.2. The molecule has 3 rings (SSSR count). The van der Waals surface area contributed by atoms with Crippen molar-refractivity contribution in [2.45, 2.75) is 26.4 Å². The fourth-order valence-corrected chi connectivity index (χ4v) is 4.02. The molecule has 0 spiro atoms. The summed E-state index contributed by atoms with van der Waals surface area (Å²) < 4.78 is 17.6. The van der Waals surface area contributed by atoms with E-state index >= 15 is 0 Å². The molecule has 0 fully saturated rings. The molecular formula is C27H27BrClN3O5. The van der Waals surface area contributed by atoms with Crippen molar-refractivity contribution in [1.29, 1.82) is 0 Å². The molecule has 37 heavy (non-hydrogen) atoms. The van der Waals surface area contributed by atoms with Crippen LogP contribution < -0.4 is 25.0 Å². The Bertz CT molecular complexity index is 1270. The Hall–Kier alpha value is -3.56. The van der Waals surface area contributed by atoms with Crippen molar-refractivity contribution in [3.05, 3.63) is 81.3 Å². The molecule has 194 valence electrons. The molecule has 3 aromatic carbocycles. The first-order valence-electron chi connectivity index (χ1n) is 11.5. The number of nitrogens with zero attached hydrogens (tertiary/aromatic N) is 1. The van der Waals surface area contributed by atoms with Crippen LogP contribution >= 0.6 is 27.5 Å². The first-order chi connectivity index (χ1) is 17.9. The lowest BCUT2D eigenvalue weighted by molar-refractivity contribution is -0.124. The molecule has 0 atom stereocenters. The number of nitrogens with one attached hydrogen (secondary N) is 2. The fourth-order valence-electron chi connectivity index (χ4n) is 3.25. The van der Waals surface area contributed by atoms with Crippen molar-refractivity contribution in [3.63, 3.8) is 0 Å². The van der Waals surface area contributed by atoms with Crippen LogP contribution in [0.5, 0.6) is 17.2 Å². The molecule has 0 saturated heterocycles. The molecule has 0 aliphatic carbocycles. The number of amides is 2. The maximum absolute atomic E-state index is 12.2. The van der Waals surface area contributed by atoms with Crippen LogP contribution in [0.15, 0.2) is 70.2 Å². The van der Waals surface area contributed by atoms with E-state index in [0.717, 1.165) is 5.56 Å². The van der Waals surface area contributed by atoms with E-state index in [9.17, 15) is 9.59 Å². The zero-order valence-electron chi connectivity index (χ0n) is 20.4. The predicted molar refractivity (Wildman–Crippen MR) is 148 cm³/mol. The summed E-state index contributed by atoms with van der Waals surface area (Å²) in [7, 11) is 1.52. The number of ether oxygens (including phenoxy) is 3. The molecule has 0 bridgehead atoms. The van der Waals surface area contributed by atoms with Gasteiger partial charge in [-0.25, -0.2) is 5.43 Å². The van der Waals surface area contributed by atoms with Crippen molar-refractivity contribution in [3.8, 4) is 17.2 Å². The van der Waals surface area contributed by atoms with Crippen LogP contribution in [-0.2, 0) is 16.2 Å². The summed E-state index contributed by atoms with van der Waals surface area (Å²) >= 11 is 9.74. The Labute approximate surface area is 229 Å². The van der Waals surface area contributed by atoms with Crippen molar-refractivity contribution >= 4 is 51.2 Å². The van der Waals surface area contributed by atoms with Gasteiger partial charge in [0, 0.05) is 23.4 Å². The molecule has 0 aliphatic rings. The van der Waals surface area contributed by atoms with Crippen LogP contribution in [0.4, 0.5) is 5.69 Å². The summed E-state index contributed by atoms with van der Waals surface area (Å²) in [6.07, 6.45) is 1.45. The van der Waals surface area contributed by atoms with Gasteiger partial charge in [-0.2, -0.15) is 5.10 Å². The highest BCUT2D eigenvalue weighted by Gasteiger charge is 2.13. The minimum Gasteiger partial charge on any atom is -0.495 e. The molecule has 0 heterocycles. The third kappa shape index (κ3) is 8.51. The van der Waals surface area contributed by atoms with Gasteiger partial charge in [-0.05, 0) is 58.7 Å². The van der Waals surface area contributed by atoms with Crippen molar-refractivity contribution in [1.82, 2.24) is 5.43 Å². The molecular weight excluding hydrogens is 562 g/mol. The topological polar surface area (TPSA) is 98.2 Å². The lowest BCUT2D eigenvalue weighted by Crippen LogP contribution is -2.20. The summed E-state index contributed by atoms with van der Waals surface area (Å²) in [5.74, 6) is 0.896. The Morgan fingerprint density at radius 1 is 1.00 bits per heavy atom. The van der Waals surface area contributed by atoms with E-state index < -0.39 is 5.91 Å². The molecule has 3 aromatic rings. The summed E-state index contributed by atoms with van der Waals surface area (Å²) in [5.41, 5.74) is 4.51. The molecule has 2 N–H and O–H groups in total. The van der Waals surface area contributed by atoms with E-state index in [1.165, 1.54) is 13.3 Å². The monoisotopic (exact) mass is 587 g/mol. The second-order valence-corrected chi connectivity index (χ2v) is 8.95. The Morgan fingerprint density at radius 3 is 2.49 bits per heavy atom. The molecule has 0 aromatic heterocycles. The lowest BCUT2D eigenvalue weighted by atomic mass is 10.2. The third-order valence-corrected chi connectivity index (χ3v) is 5.98. The highest BCUT2D eigenvalue weighted by Crippen LogP contribution is 2.37. The van der Waals surface area contributed by atoms with E-state index in [-0.39, 0.29) is 25.4 Å². The molecule has 0 radical (unpaired) electrons. The van der Waals surface area contributed by atoms with Gasteiger partial charge in [0.1, 0.15) is 12.4 Å². The minimum atomic E-state index is -0.393. The predicted octanol–water partition coefficient (Wildman–Crippen LogP) is 5.96. The standard InChI is InChI=1S/C27H27BrClN3O5/c1-3-36-24-15-18(14-20(28)27(24)37-17-19-8-4-5-9-21(19)29)16-30-32-26(34)13-12-25(33)31-22-10-6-7-11-23(22)35-2/h4-11,14-16H,3,12-13,17H2,1-2H3,(H,31,33)(H,32,34). The maximum Gasteiger partial charge on any atom is 0.240 e. The quantitative estimate of drug-likeness (QED) is 0.201. The minimum absolute atomic E-state index is 0.00307. The van der Waals surface area contributed by atoms with Gasteiger partial charge in [0.05, 0.1) is 30.1 Å². The Balaban J connectivity index is 1.55. The fraction of sp³-hybridized carbons (Fsp3) is 0.222. The number of anilines is 1. The first kappa shape index (κ1) is 28.0. The number of benzene rings is 3. The largest absolute Gasteiger partial charge is 0.495 e. The zero-order chi connectivity index (χ0) is 26.6. The first-order valence-corrected chi connectivity index (χ1v) is 12.7. The van der Waals surface area contributed by atoms with E-state index in [4.69, 9.17) is 25.8 Å². The number of hydrogen-bond acceptors (Lipinski definition) is 6. The Kier molecular flexibility index (Phi) is 10.8. The van der Waals surface area contributed by atoms with Crippen LogP contribution in [-0.4, -0.2) is 31.7 Å². The molecule has 0 aliphatic heterocycles. The third-order valence-electron chi connectivity index (χ3n) is 5.02. The van der Waals surface area contributed by atoms with Gasteiger partial charge >= 0.3 is 0 Å². The average Bonchev–Trinajstić information content (AvgIpc) is 2.88. The number of hydrogen-bond donors (Lipinski definition) is 2. The highest BCUT2D eigenvalue weighted by molar-refractivity contribution is 9.10. The van der Waals surface area contributed by atoms with Crippen LogP contribution in [0.25, 0.3) is 0 Å². The summed E-state index contributed by atoms with van der Waals surface area (Å²) in [6, 6.07) is 18.0. The number of hydrazone groups is 1. The normalized spacial score (nSPS) is 10.7.